The normalized spacial score (nSPS) is 14.1. The van der Waals surface area contributed by atoms with Gasteiger partial charge < -0.3 is 5.11 Å². The number of amidine groups is 1. The van der Waals surface area contributed by atoms with Crippen LogP contribution in [0.3, 0.4) is 0 Å². The predicted octanol–water partition coefficient (Wildman–Crippen LogP) is 2.76. The third kappa shape index (κ3) is 3.96. The van der Waals surface area contributed by atoms with Gasteiger partial charge in [-0.1, -0.05) is 24.3 Å². The summed E-state index contributed by atoms with van der Waals surface area (Å²) in [5.41, 5.74) is 2.71. The predicted molar refractivity (Wildman–Crippen MR) is 107 cm³/mol. The second kappa shape index (κ2) is 7.90. The summed E-state index contributed by atoms with van der Waals surface area (Å²) < 4.78 is 0. The van der Waals surface area contributed by atoms with E-state index in [1.165, 1.54) is 18.5 Å². The summed E-state index contributed by atoms with van der Waals surface area (Å²) in [5.74, 6) is 0.560. The van der Waals surface area contributed by atoms with Crippen LogP contribution in [0.15, 0.2) is 66.0 Å². The number of fused-ring (bicyclic) bond motifs is 6. The van der Waals surface area contributed by atoms with Crippen LogP contribution in [0.4, 0.5) is 5.82 Å². The molecule has 0 radical (unpaired) electrons. The molecule has 3 heterocycles. The van der Waals surface area contributed by atoms with Crippen molar-refractivity contribution in [2.24, 2.45) is 4.99 Å². The van der Waals surface area contributed by atoms with Gasteiger partial charge in [0, 0.05) is 24.4 Å². The molecule has 0 saturated carbocycles. The Balaban J connectivity index is 1.82. The number of carbonyl (C=O) groups is 1. The van der Waals surface area contributed by atoms with Gasteiger partial charge in [0.25, 0.3) is 0 Å². The molecule has 3 aromatic rings. The lowest BCUT2D eigenvalue weighted by Gasteiger charge is -2.24. The highest BCUT2D eigenvalue weighted by Gasteiger charge is 2.24. The Morgan fingerprint density at radius 1 is 1.14 bits per heavy atom. The summed E-state index contributed by atoms with van der Waals surface area (Å²) in [5, 5.41) is 19.2. The molecule has 0 saturated heterocycles. The van der Waals surface area contributed by atoms with E-state index < -0.39 is 0 Å². The third-order valence-corrected chi connectivity index (χ3v) is 4.72. The molecule has 29 heavy (non-hydrogen) atoms. The van der Waals surface area contributed by atoms with Crippen LogP contribution in [-0.4, -0.2) is 38.3 Å². The van der Waals surface area contributed by atoms with E-state index in [0.717, 1.165) is 11.1 Å². The quantitative estimate of drug-likeness (QED) is 0.541. The Morgan fingerprint density at radius 3 is 2.66 bits per heavy atom. The number of phenols is 1. The van der Waals surface area contributed by atoms with Gasteiger partial charge in [0.15, 0.2) is 5.82 Å². The lowest BCUT2D eigenvalue weighted by Crippen LogP contribution is -2.39. The van der Waals surface area contributed by atoms with Crippen molar-refractivity contribution in [2.45, 2.75) is 12.8 Å². The standard InChI is InChI=1S/C22H17N5O2/c23-13-18-12-17(5-6-19(18)28)22(26-20-7-9-24-14-25-20)27-10-8-15-1-3-16(4-2-15)11-21(27)29/h1-7,9,12,14,28H,8,10-11H2. The van der Waals surface area contributed by atoms with Crippen molar-refractivity contribution in [3.63, 3.8) is 0 Å². The molecule has 142 valence electrons. The minimum Gasteiger partial charge on any atom is -0.507 e. The molecule has 0 unspecified atom stereocenters. The SMILES string of the molecule is N#Cc1cc(C(=Nc2ccncn2)N2CCc3ccc(cc3)CC2=O)ccc1O. The van der Waals surface area contributed by atoms with Crippen LogP contribution in [0.25, 0.3) is 0 Å². The van der Waals surface area contributed by atoms with Crippen LogP contribution in [0.1, 0.15) is 22.3 Å². The zero-order chi connectivity index (χ0) is 20.2. The number of rotatable bonds is 2. The average Bonchev–Trinajstić information content (AvgIpc) is 2.87. The molecule has 5 rings (SSSR count). The Morgan fingerprint density at radius 2 is 1.93 bits per heavy atom. The molecular formula is C22H17N5O2. The molecule has 2 aromatic carbocycles. The van der Waals surface area contributed by atoms with Crippen molar-refractivity contribution in [3.8, 4) is 11.8 Å². The number of nitrogens with zero attached hydrogens (tertiary/aromatic N) is 5. The third-order valence-electron chi connectivity index (χ3n) is 4.72. The minimum absolute atomic E-state index is 0.100. The first-order valence-corrected chi connectivity index (χ1v) is 9.10. The largest absolute Gasteiger partial charge is 0.507 e. The van der Waals surface area contributed by atoms with Gasteiger partial charge in [0.05, 0.1) is 12.0 Å². The second-order valence-corrected chi connectivity index (χ2v) is 6.64. The molecule has 0 fully saturated rings. The zero-order valence-electron chi connectivity index (χ0n) is 15.5. The molecule has 7 nitrogen and oxygen atoms in total. The van der Waals surface area contributed by atoms with Gasteiger partial charge in [-0.25, -0.2) is 15.0 Å². The smallest absolute Gasteiger partial charge is 0.232 e. The van der Waals surface area contributed by atoms with E-state index in [1.807, 2.05) is 30.3 Å². The highest BCUT2D eigenvalue weighted by atomic mass is 16.3. The number of amides is 1. The van der Waals surface area contributed by atoms with Crippen LogP contribution in [0.2, 0.25) is 0 Å². The lowest BCUT2D eigenvalue weighted by atomic mass is 10.1. The number of aromatic nitrogens is 2. The molecule has 2 bridgehead atoms. The first kappa shape index (κ1) is 18.3. The molecule has 2 aliphatic heterocycles. The topological polar surface area (TPSA) is 102 Å². The van der Waals surface area contributed by atoms with Crippen LogP contribution >= 0.6 is 0 Å². The van der Waals surface area contributed by atoms with Crippen LogP contribution in [0.5, 0.6) is 5.75 Å². The van der Waals surface area contributed by atoms with E-state index in [4.69, 9.17) is 0 Å². The number of nitriles is 1. The van der Waals surface area contributed by atoms with Gasteiger partial charge in [0.2, 0.25) is 5.91 Å². The van der Waals surface area contributed by atoms with Gasteiger partial charge >= 0.3 is 0 Å². The molecule has 1 amide bonds. The highest BCUT2D eigenvalue weighted by Crippen LogP contribution is 2.22. The number of hydrogen-bond donors (Lipinski definition) is 1. The molecular weight excluding hydrogens is 366 g/mol. The van der Waals surface area contributed by atoms with E-state index in [1.54, 1.807) is 23.2 Å². The lowest BCUT2D eigenvalue weighted by molar-refractivity contribution is -0.126. The van der Waals surface area contributed by atoms with Crippen molar-refractivity contribution in [1.82, 2.24) is 14.9 Å². The second-order valence-electron chi connectivity index (χ2n) is 6.64. The van der Waals surface area contributed by atoms with Crippen molar-refractivity contribution in [2.75, 3.05) is 6.54 Å². The number of hydrogen-bond acceptors (Lipinski definition) is 6. The summed E-state index contributed by atoms with van der Waals surface area (Å²) in [4.78, 5) is 27.4. The maximum Gasteiger partial charge on any atom is 0.232 e. The summed E-state index contributed by atoms with van der Waals surface area (Å²) in [7, 11) is 0. The van der Waals surface area contributed by atoms with Gasteiger partial charge in [-0.2, -0.15) is 5.26 Å². The first-order chi connectivity index (χ1) is 14.1. The molecule has 2 aliphatic rings. The average molecular weight is 383 g/mol. The molecule has 7 heteroatoms. The fraction of sp³-hybridized carbons (Fsp3) is 0.136. The minimum atomic E-state index is -0.119. The first-order valence-electron chi connectivity index (χ1n) is 9.10. The highest BCUT2D eigenvalue weighted by molar-refractivity contribution is 6.09. The summed E-state index contributed by atoms with van der Waals surface area (Å²) in [6.07, 6.45) is 3.86. The van der Waals surface area contributed by atoms with E-state index in [0.29, 0.717) is 30.2 Å². The number of aromatic hydroxyl groups is 1. The fourth-order valence-electron chi connectivity index (χ4n) is 3.19. The van der Waals surface area contributed by atoms with Crippen molar-refractivity contribution < 1.29 is 9.90 Å². The van der Waals surface area contributed by atoms with Crippen molar-refractivity contribution in [1.29, 1.82) is 5.26 Å². The summed E-state index contributed by atoms with van der Waals surface area (Å²) in [6, 6.07) is 16.2. The van der Waals surface area contributed by atoms with Crippen molar-refractivity contribution in [3.05, 3.63) is 83.3 Å². The molecule has 0 spiro atoms. The van der Waals surface area contributed by atoms with Crippen LogP contribution < -0.4 is 0 Å². The zero-order valence-corrected chi connectivity index (χ0v) is 15.5. The van der Waals surface area contributed by atoms with E-state index in [-0.39, 0.29) is 23.6 Å². The Kier molecular flexibility index (Phi) is 4.99. The van der Waals surface area contributed by atoms with Crippen molar-refractivity contribution >= 4 is 17.6 Å². The molecule has 0 atom stereocenters. The van der Waals surface area contributed by atoms with E-state index >= 15 is 0 Å². The number of carbonyl (C=O) groups excluding carboxylic acids is 1. The van der Waals surface area contributed by atoms with E-state index in [9.17, 15) is 15.2 Å². The molecule has 0 aliphatic carbocycles. The van der Waals surface area contributed by atoms with Gasteiger partial charge in [-0.15, -0.1) is 0 Å². The number of phenolic OH excluding ortho intramolecular Hbond substituents is 1. The summed E-state index contributed by atoms with van der Waals surface area (Å²) in [6.45, 7) is 0.433. The summed E-state index contributed by atoms with van der Waals surface area (Å²) >= 11 is 0. The number of benzene rings is 2. The maximum atomic E-state index is 13.1. The Bertz CT molecular complexity index is 1120. The van der Waals surface area contributed by atoms with Gasteiger partial charge in [-0.3, -0.25) is 9.69 Å². The van der Waals surface area contributed by atoms with E-state index in [2.05, 4.69) is 15.0 Å². The van der Waals surface area contributed by atoms with Crippen LogP contribution in [0, 0.1) is 11.3 Å². The maximum absolute atomic E-state index is 13.1. The molecule has 1 aromatic heterocycles. The van der Waals surface area contributed by atoms with Gasteiger partial charge in [0.1, 0.15) is 24.0 Å². The number of aliphatic imine (C=N–C) groups is 1. The Labute approximate surface area is 167 Å². The van der Waals surface area contributed by atoms with Gasteiger partial charge in [-0.05, 0) is 35.7 Å². The molecule has 1 N–H and O–H groups in total. The Hall–Kier alpha value is -4.05. The van der Waals surface area contributed by atoms with Crippen LogP contribution in [-0.2, 0) is 17.6 Å². The monoisotopic (exact) mass is 383 g/mol. The fourth-order valence-corrected chi connectivity index (χ4v) is 3.19.